The van der Waals surface area contributed by atoms with Crippen LogP contribution in [-0.2, 0) is 0 Å². The summed E-state index contributed by atoms with van der Waals surface area (Å²) in [5, 5.41) is 11.7. The zero-order valence-corrected chi connectivity index (χ0v) is 10.3. The second-order valence-electron chi connectivity index (χ2n) is 3.54. The highest BCUT2D eigenvalue weighted by atomic mass is 32.2. The van der Waals surface area contributed by atoms with Gasteiger partial charge in [0.2, 0.25) is 0 Å². The molecule has 0 radical (unpaired) electrons. The minimum absolute atomic E-state index is 0.179. The molecule has 1 aromatic carbocycles. The summed E-state index contributed by atoms with van der Waals surface area (Å²) in [6, 6.07) is 7.74. The van der Waals surface area contributed by atoms with E-state index in [0.29, 0.717) is 0 Å². The first kappa shape index (κ1) is 12.9. The molecule has 0 atom stereocenters. The van der Waals surface area contributed by atoms with E-state index < -0.39 is 0 Å². The molecule has 88 valence electrons. The molecular formula is C12H18N2OS. The summed E-state index contributed by atoms with van der Waals surface area (Å²) in [6.45, 7) is 2.19. The van der Waals surface area contributed by atoms with Crippen LogP contribution in [0.15, 0.2) is 34.3 Å². The van der Waals surface area contributed by atoms with E-state index in [9.17, 15) is 0 Å². The second-order valence-corrected chi connectivity index (χ2v) is 4.67. The van der Waals surface area contributed by atoms with E-state index in [2.05, 4.69) is 12.1 Å². The van der Waals surface area contributed by atoms with E-state index in [1.807, 2.05) is 24.3 Å². The van der Waals surface area contributed by atoms with Crippen LogP contribution in [0.3, 0.4) is 0 Å². The maximum absolute atomic E-state index is 8.68. The van der Waals surface area contributed by atoms with Crippen molar-refractivity contribution in [3.05, 3.63) is 29.8 Å². The molecule has 4 heteroatoms. The van der Waals surface area contributed by atoms with Crippen molar-refractivity contribution >= 4 is 17.6 Å². The predicted octanol–water partition coefficient (Wildman–Crippen LogP) is 3.06. The van der Waals surface area contributed by atoms with Crippen LogP contribution in [0.5, 0.6) is 0 Å². The van der Waals surface area contributed by atoms with Crippen molar-refractivity contribution in [2.45, 2.75) is 31.1 Å². The Morgan fingerprint density at radius 3 is 2.81 bits per heavy atom. The second kappa shape index (κ2) is 7.17. The van der Waals surface area contributed by atoms with Gasteiger partial charge in [-0.05, 0) is 18.2 Å². The molecule has 0 unspecified atom stereocenters. The Morgan fingerprint density at radius 1 is 1.38 bits per heavy atom. The SMILES string of the molecule is CCCCCSc1ccccc1/C(N)=N/O. The van der Waals surface area contributed by atoms with Gasteiger partial charge in [-0.1, -0.05) is 43.1 Å². The van der Waals surface area contributed by atoms with Gasteiger partial charge in [0.1, 0.15) is 0 Å². The fourth-order valence-electron chi connectivity index (χ4n) is 1.39. The van der Waals surface area contributed by atoms with Crippen LogP contribution in [0.25, 0.3) is 0 Å². The molecule has 0 aliphatic carbocycles. The van der Waals surface area contributed by atoms with Crippen molar-refractivity contribution in [2.75, 3.05) is 5.75 Å². The van der Waals surface area contributed by atoms with Crippen molar-refractivity contribution in [3.63, 3.8) is 0 Å². The summed E-state index contributed by atoms with van der Waals surface area (Å²) in [7, 11) is 0. The standard InChI is InChI=1S/C12H18N2OS/c1-2-3-6-9-16-11-8-5-4-7-10(11)12(13)14-15/h4-5,7-8,15H,2-3,6,9H2,1H3,(H2,13,14). The van der Waals surface area contributed by atoms with Gasteiger partial charge in [0.25, 0.3) is 0 Å². The molecule has 0 aliphatic rings. The molecule has 3 nitrogen and oxygen atoms in total. The molecule has 1 aromatic rings. The number of nitrogens with two attached hydrogens (primary N) is 1. The van der Waals surface area contributed by atoms with Gasteiger partial charge in [0, 0.05) is 10.5 Å². The Kier molecular flexibility index (Phi) is 5.78. The Labute approximate surface area is 101 Å². The molecular weight excluding hydrogens is 220 g/mol. The third kappa shape index (κ3) is 3.77. The molecule has 0 bridgehead atoms. The molecule has 0 saturated carbocycles. The molecule has 1 rings (SSSR count). The lowest BCUT2D eigenvalue weighted by Gasteiger charge is -2.07. The van der Waals surface area contributed by atoms with Gasteiger partial charge < -0.3 is 10.9 Å². The van der Waals surface area contributed by atoms with Crippen molar-refractivity contribution in [1.29, 1.82) is 0 Å². The van der Waals surface area contributed by atoms with Crippen molar-refractivity contribution < 1.29 is 5.21 Å². The zero-order chi connectivity index (χ0) is 11.8. The quantitative estimate of drug-likeness (QED) is 0.200. The lowest BCUT2D eigenvalue weighted by Crippen LogP contribution is -2.14. The average Bonchev–Trinajstić information content (AvgIpc) is 2.34. The van der Waals surface area contributed by atoms with E-state index in [1.54, 1.807) is 11.8 Å². The number of thioether (sulfide) groups is 1. The molecule has 0 aromatic heterocycles. The topological polar surface area (TPSA) is 58.6 Å². The average molecular weight is 238 g/mol. The van der Waals surface area contributed by atoms with Gasteiger partial charge in [-0.3, -0.25) is 0 Å². The summed E-state index contributed by atoms with van der Waals surface area (Å²) in [5.41, 5.74) is 6.42. The molecule has 0 heterocycles. The molecule has 0 fully saturated rings. The number of oxime groups is 1. The lowest BCUT2D eigenvalue weighted by molar-refractivity contribution is 0.318. The molecule has 16 heavy (non-hydrogen) atoms. The highest BCUT2D eigenvalue weighted by Gasteiger charge is 2.05. The maximum atomic E-state index is 8.68. The third-order valence-corrected chi connectivity index (χ3v) is 3.44. The monoisotopic (exact) mass is 238 g/mol. The van der Waals surface area contributed by atoms with Crippen LogP contribution in [0.1, 0.15) is 31.7 Å². The van der Waals surface area contributed by atoms with Crippen LogP contribution in [0.2, 0.25) is 0 Å². The van der Waals surface area contributed by atoms with Gasteiger partial charge in [-0.25, -0.2) is 0 Å². The molecule has 0 amide bonds. The Balaban J connectivity index is 2.64. The van der Waals surface area contributed by atoms with Gasteiger partial charge in [0.15, 0.2) is 5.84 Å². The van der Waals surface area contributed by atoms with E-state index in [4.69, 9.17) is 10.9 Å². The molecule has 3 N–H and O–H groups in total. The molecule has 0 spiro atoms. The van der Waals surface area contributed by atoms with Gasteiger partial charge in [0.05, 0.1) is 0 Å². The van der Waals surface area contributed by atoms with Crippen LogP contribution < -0.4 is 5.73 Å². The summed E-state index contributed by atoms with van der Waals surface area (Å²) < 4.78 is 0. The summed E-state index contributed by atoms with van der Waals surface area (Å²) in [5.74, 6) is 1.25. The first-order valence-corrected chi connectivity index (χ1v) is 6.48. The van der Waals surface area contributed by atoms with Gasteiger partial charge in [-0.2, -0.15) is 0 Å². The fourth-order valence-corrected chi connectivity index (χ4v) is 2.46. The summed E-state index contributed by atoms with van der Waals surface area (Å²) in [6.07, 6.45) is 3.67. The zero-order valence-electron chi connectivity index (χ0n) is 9.52. The van der Waals surface area contributed by atoms with Crippen LogP contribution in [-0.4, -0.2) is 16.8 Å². The predicted molar refractivity (Wildman–Crippen MR) is 69.2 cm³/mol. The van der Waals surface area contributed by atoms with E-state index in [-0.39, 0.29) is 5.84 Å². The smallest absolute Gasteiger partial charge is 0.171 e. The number of hydrogen-bond donors (Lipinski definition) is 2. The summed E-state index contributed by atoms with van der Waals surface area (Å²) >= 11 is 1.76. The number of benzene rings is 1. The van der Waals surface area contributed by atoms with Crippen LogP contribution in [0.4, 0.5) is 0 Å². The van der Waals surface area contributed by atoms with Gasteiger partial charge >= 0.3 is 0 Å². The van der Waals surface area contributed by atoms with Crippen LogP contribution in [0, 0.1) is 0 Å². The number of hydrogen-bond acceptors (Lipinski definition) is 3. The molecule has 0 saturated heterocycles. The maximum Gasteiger partial charge on any atom is 0.171 e. The van der Waals surface area contributed by atoms with E-state index in [0.717, 1.165) is 16.2 Å². The largest absolute Gasteiger partial charge is 0.409 e. The lowest BCUT2D eigenvalue weighted by atomic mass is 10.2. The highest BCUT2D eigenvalue weighted by Crippen LogP contribution is 2.23. The van der Waals surface area contributed by atoms with E-state index >= 15 is 0 Å². The van der Waals surface area contributed by atoms with Gasteiger partial charge in [-0.15, -0.1) is 11.8 Å². The molecule has 0 aliphatic heterocycles. The summed E-state index contributed by atoms with van der Waals surface area (Å²) in [4.78, 5) is 1.08. The highest BCUT2D eigenvalue weighted by molar-refractivity contribution is 7.99. The Morgan fingerprint density at radius 2 is 2.12 bits per heavy atom. The fraction of sp³-hybridized carbons (Fsp3) is 0.417. The van der Waals surface area contributed by atoms with Crippen molar-refractivity contribution in [1.82, 2.24) is 0 Å². The Bertz CT molecular complexity index is 353. The minimum atomic E-state index is 0.179. The Hall–Kier alpha value is -1.16. The van der Waals surface area contributed by atoms with Crippen molar-refractivity contribution in [3.8, 4) is 0 Å². The van der Waals surface area contributed by atoms with Crippen LogP contribution >= 0.6 is 11.8 Å². The van der Waals surface area contributed by atoms with Crippen molar-refractivity contribution in [2.24, 2.45) is 10.9 Å². The first-order valence-electron chi connectivity index (χ1n) is 5.49. The first-order chi connectivity index (χ1) is 7.79. The number of nitrogens with zero attached hydrogens (tertiary/aromatic N) is 1. The number of amidine groups is 1. The van der Waals surface area contributed by atoms with E-state index in [1.165, 1.54) is 19.3 Å². The number of unbranched alkanes of at least 4 members (excludes halogenated alkanes) is 2. The number of rotatable bonds is 6. The normalized spacial score (nSPS) is 11.7. The third-order valence-electron chi connectivity index (χ3n) is 2.28. The minimum Gasteiger partial charge on any atom is -0.409 e.